The Morgan fingerprint density at radius 1 is 1.60 bits per heavy atom. The van der Waals surface area contributed by atoms with Gasteiger partial charge in [0.2, 0.25) is 0 Å². The molecule has 1 fully saturated rings. The van der Waals surface area contributed by atoms with E-state index in [1.165, 1.54) is 19.4 Å². The molecule has 0 aromatic carbocycles. The van der Waals surface area contributed by atoms with Gasteiger partial charge in [0.25, 0.3) is 0 Å². The quantitative estimate of drug-likeness (QED) is 0.587. The number of hydrogen-bond acceptors (Lipinski definition) is 2. The Balaban J connectivity index is 2.14. The van der Waals surface area contributed by atoms with E-state index in [2.05, 4.69) is 18.9 Å². The number of rotatable bonds is 3. The lowest BCUT2D eigenvalue weighted by atomic mass is 10.2. The Labute approximate surface area is 63.2 Å². The van der Waals surface area contributed by atoms with Crippen molar-refractivity contribution in [2.75, 3.05) is 26.8 Å². The van der Waals surface area contributed by atoms with Gasteiger partial charge in [-0.1, -0.05) is 0 Å². The minimum atomic E-state index is 0.694. The van der Waals surface area contributed by atoms with Crippen LogP contribution < -0.4 is 0 Å². The molecule has 0 saturated carbocycles. The molecule has 1 saturated heterocycles. The summed E-state index contributed by atoms with van der Waals surface area (Å²) in [5, 5.41) is 0. The highest BCUT2D eigenvalue weighted by molar-refractivity contribution is 4.75. The predicted octanol–water partition coefficient (Wildman–Crippen LogP) is 1.12. The van der Waals surface area contributed by atoms with E-state index in [0.717, 1.165) is 13.2 Å². The minimum Gasteiger partial charge on any atom is -0.380 e. The van der Waals surface area contributed by atoms with E-state index < -0.39 is 0 Å². The first kappa shape index (κ1) is 8.02. The molecule has 1 unspecified atom stereocenters. The molecule has 0 amide bonds. The molecule has 0 aliphatic carbocycles. The second-order valence-corrected chi connectivity index (χ2v) is 2.94. The van der Waals surface area contributed by atoms with Crippen molar-refractivity contribution in [3.8, 4) is 0 Å². The molecule has 1 heterocycles. The fraction of sp³-hybridized carbons (Fsp3) is 1.00. The van der Waals surface area contributed by atoms with Gasteiger partial charge in [0.15, 0.2) is 0 Å². The van der Waals surface area contributed by atoms with Crippen LogP contribution in [0.3, 0.4) is 0 Å². The number of likely N-dealkylation sites (tertiary alicyclic amines) is 1. The van der Waals surface area contributed by atoms with Gasteiger partial charge in [0.1, 0.15) is 0 Å². The van der Waals surface area contributed by atoms with Crippen molar-refractivity contribution >= 4 is 0 Å². The molecular formula is C8H17NO. The lowest BCUT2D eigenvalue weighted by Gasteiger charge is -2.18. The molecule has 0 spiro atoms. The molecule has 60 valence electrons. The van der Waals surface area contributed by atoms with Crippen LogP contribution in [0.15, 0.2) is 0 Å². The van der Waals surface area contributed by atoms with E-state index in [9.17, 15) is 0 Å². The van der Waals surface area contributed by atoms with Crippen molar-refractivity contribution in [1.82, 2.24) is 4.90 Å². The SMILES string of the molecule is CCOCC1CCCN1C. The minimum absolute atomic E-state index is 0.694. The van der Waals surface area contributed by atoms with Crippen molar-refractivity contribution in [1.29, 1.82) is 0 Å². The van der Waals surface area contributed by atoms with E-state index in [1.807, 2.05) is 0 Å². The van der Waals surface area contributed by atoms with Crippen LogP contribution in [0.5, 0.6) is 0 Å². The van der Waals surface area contributed by atoms with E-state index >= 15 is 0 Å². The topological polar surface area (TPSA) is 12.5 Å². The number of nitrogens with zero attached hydrogens (tertiary/aromatic N) is 1. The molecule has 1 atom stereocenters. The van der Waals surface area contributed by atoms with Crippen LogP contribution in [0, 0.1) is 0 Å². The van der Waals surface area contributed by atoms with Gasteiger partial charge >= 0.3 is 0 Å². The summed E-state index contributed by atoms with van der Waals surface area (Å²) in [6.07, 6.45) is 2.66. The highest BCUT2D eigenvalue weighted by atomic mass is 16.5. The van der Waals surface area contributed by atoms with Crippen LogP contribution in [0.1, 0.15) is 19.8 Å². The molecule has 1 rings (SSSR count). The second-order valence-electron chi connectivity index (χ2n) is 2.94. The Kier molecular flexibility index (Phi) is 3.16. The molecule has 0 aromatic heterocycles. The molecule has 0 bridgehead atoms. The standard InChI is InChI=1S/C8H17NO/c1-3-10-7-8-5-4-6-9(8)2/h8H,3-7H2,1-2H3. The monoisotopic (exact) mass is 143 g/mol. The maximum atomic E-state index is 5.35. The Morgan fingerprint density at radius 3 is 2.90 bits per heavy atom. The zero-order valence-electron chi connectivity index (χ0n) is 6.97. The summed E-state index contributed by atoms with van der Waals surface area (Å²) in [5.41, 5.74) is 0. The van der Waals surface area contributed by atoms with Gasteiger partial charge in [-0.15, -0.1) is 0 Å². The Bertz CT molecular complexity index is 95.3. The van der Waals surface area contributed by atoms with Crippen molar-refractivity contribution in [2.45, 2.75) is 25.8 Å². The molecule has 2 heteroatoms. The summed E-state index contributed by atoms with van der Waals surface area (Å²) < 4.78 is 5.35. The maximum absolute atomic E-state index is 5.35. The third kappa shape index (κ3) is 1.96. The molecule has 0 N–H and O–H groups in total. The first-order valence-electron chi connectivity index (χ1n) is 4.12. The van der Waals surface area contributed by atoms with Crippen LogP contribution in [-0.4, -0.2) is 37.7 Å². The summed E-state index contributed by atoms with van der Waals surface area (Å²) in [4.78, 5) is 2.38. The van der Waals surface area contributed by atoms with Crippen LogP contribution in [0.25, 0.3) is 0 Å². The number of ether oxygens (including phenoxy) is 1. The first-order chi connectivity index (χ1) is 4.84. The van der Waals surface area contributed by atoms with Crippen LogP contribution >= 0.6 is 0 Å². The van der Waals surface area contributed by atoms with E-state index in [4.69, 9.17) is 4.74 Å². The highest BCUT2D eigenvalue weighted by Gasteiger charge is 2.19. The molecule has 10 heavy (non-hydrogen) atoms. The summed E-state index contributed by atoms with van der Waals surface area (Å²) in [5.74, 6) is 0. The molecule has 2 nitrogen and oxygen atoms in total. The third-order valence-electron chi connectivity index (χ3n) is 2.19. The van der Waals surface area contributed by atoms with Gasteiger partial charge in [-0.2, -0.15) is 0 Å². The zero-order chi connectivity index (χ0) is 7.40. The van der Waals surface area contributed by atoms with Gasteiger partial charge in [0.05, 0.1) is 6.61 Å². The molecule has 1 aliphatic heterocycles. The van der Waals surface area contributed by atoms with E-state index in [1.54, 1.807) is 0 Å². The van der Waals surface area contributed by atoms with Gasteiger partial charge in [-0.3, -0.25) is 0 Å². The normalized spacial score (nSPS) is 27.6. The lowest BCUT2D eigenvalue weighted by molar-refractivity contribution is 0.0950. The fourth-order valence-electron chi connectivity index (χ4n) is 1.44. The van der Waals surface area contributed by atoms with Crippen molar-refractivity contribution in [3.63, 3.8) is 0 Å². The van der Waals surface area contributed by atoms with Crippen LogP contribution in [0.4, 0.5) is 0 Å². The summed E-state index contributed by atoms with van der Waals surface area (Å²) in [6.45, 7) is 5.07. The van der Waals surface area contributed by atoms with Gasteiger partial charge in [-0.05, 0) is 33.4 Å². The van der Waals surface area contributed by atoms with Gasteiger partial charge in [0, 0.05) is 12.6 Å². The highest BCUT2D eigenvalue weighted by Crippen LogP contribution is 2.14. The van der Waals surface area contributed by atoms with E-state index in [-0.39, 0.29) is 0 Å². The van der Waals surface area contributed by atoms with Gasteiger partial charge < -0.3 is 9.64 Å². The van der Waals surface area contributed by atoms with Gasteiger partial charge in [-0.25, -0.2) is 0 Å². The van der Waals surface area contributed by atoms with Crippen LogP contribution in [0.2, 0.25) is 0 Å². The smallest absolute Gasteiger partial charge is 0.0621 e. The fourth-order valence-corrected chi connectivity index (χ4v) is 1.44. The van der Waals surface area contributed by atoms with E-state index in [0.29, 0.717) is 6.04 Å². The summed E-state index contributed by atoms with van der Waals surface area (Å²) >= 11 is 0. The lowest BCUT2D eigenvalue weighted by Crippen LogP contribution is -2.29. The average Bonchev–Trinajstić information content (AvgIpc) is 2.31. The molecular weight excluding hydrogens is 126 g/mol. The Morgan fingerprint density at radius 2 is 2.40 bits per heavy atom. The predicted molar refractivity (Wildman–Crippen MR) is 42.1 cm³/mol. The summed E-state index contributed by atoms with van der Waals surface area (Å²) in [7, 11) is 2.18. The van der Waals surface area contributed by atoms with Crippen molar-refractivity contribution in [2.24, 2.45) is 0 Å². The molecule has 0 aromatic rings. The first-order valence-corrected chi connectivity index (χ1v) is 4.12. The van der Waals surface area contributed by atoms with Crippen molar-refractivity contribution < 1.29 is 4.74 Å². The van der Waals surface area contributed by atoms with Crippen molar-refractivity contribution in [3.05, 3.63) is 0 Å². The average molecular weight is 143 g/mol. The summed E-state index contributed by atoms with van der Waals surface area (Å²) in [6, 6.07) is 0.694. The number of hydrogen-bond donors (Lipinski definition) is 0. The molecule has 0 radical (unpaired) electrons. The molecule has 1 aliphatic rings. The third-order valence-corrected chi connectivity index (χ3v) is 2.19. The second kappa shape index (κ2) is 3.94. The number of likely N-dealkylation sites (N-methyl/N-ethyl adjacent to an activating group) is 1. The van der Waals surface area contributed by atoms with Crippen LogP contribution in [-0.2, 0) is 4.74 Å². The Hall–Kier alpha value is -0.0800. The zero-order valence-corrected chi connectivity index (χ0v) is 6.97. The maximum Gasteiger partial charge on any atom is 0.0621 e. The largest absolute Gasteiger partial charge is 0.380 e.